The number of carbonyl (C=O) groups excluding carboxylic acids is 7. The summed E-state index contributed by atoms with van der Waals surface area (Å²) in [7, 11) is -7.60. The number of halogens is 2. The van der Waals surface area contributed by atoms with Gasteiger partial charge in [0.2, 0.25) is 23.7 Å². The van der Waals surface area contributed by atoms with Gasteiger partial charge in [0.25, 0.3) is 15.9 Å². The van der Waals surface area contributed by atoms with E-state index in [2.05, 4.69) is 66.9 Å². The molecular formula is C72H88F2N14O19S2. The number of sulfonamides is 1. The van der Waals surface area contributed by atoms with Crippen LogP contribution in [0.3, 0.4) is 0 Å². The van der Waals surface area contributed by atoms with E-state index < -0.39 is 128 Å². The zero-order chi connectivity index (χ0) is 78.6. The fourth-order valence-electron chi connectivity index (χ4n) is 11.2. The number of likely N-dealkylation sites (tertiary alicyclic amines) is 1. The van der Waals surface area contributed by atoms with Crippen LogP contribution in [0.5, 0.6) is 11.5 Å². The third kappa shape index (κ3) is 26.9. The second kappa shape index (κ2) is 40.7. The van der Waals surface area contributed by atoms with Gasteiger partial charge in [0.1, 0.15) is 41.1 Å². The van der Waals surface area contributed by atoms with Crippen LogP contribution >= 0.6 is 0 Å². The van der Waals surface area contributed by atoms with Crippen molar-refractivity contribution in [1.29, 1.82) is 0 Å². The number of fused-ring (bicyclic) bond motifs is 6. The number of aliphatic carboxylic acids is 2. The Morgan fingerprint density at radius 1 is 0.697 bits per heavy atom. The highest BCUT2D eigenvalue weighted by molar-refractivity contribution is 7.93. The molecule has 0 saturated carbocycles. The molecule has 10 amide bonds. The number of carboxylic acids is 2. The standard InChI is InChI=1S/C72H88F2N14O19S2/c1-5-23-75-70(97)81-50-12-9-14-54(39-50)109(101,102)86-51-13-8-11-46(36-51)57(40-62(90)91)83-72(99)80-49-19-17-48(18-20-49)79-71(98)76-24-29-104-31-33-105-32-30-103-28-22-61(89)82-58(41-63(92)93)68(96)88-25-10-15-59(88)66(94)84-64(44(2)3)67(95)87-108(4,100)43-45-34-52-38-53(35-45)106-26-6-7-27-107-60-37-47(73)16-21-55(60)65-56(74)42-77-69(78-52)85-65/h8-9,11-14,16-21,34-39,42,44,57-59,64,86H,5-7,10,15,22-33,40-41,43H2,1-4H3,(H,82,89)(H,84,94)(H,90,91)(H,92,93)(H2,75,81,97)(H2,76,79,98)(H,77,78,85)(H2,80,83,99)/t57-,58+,59+,64+,108?/m1/s1. The highest BCUT2D eigenvalue weighted by Crippen LogP contribution is 2.34. The van der Waals surface area contributed by atoms with Crippen LogP contribution in [0.4, 0.5) is 57.5 Å². The number of nitrogens with zero attached hydrogens (tertiary/aromatic N) is 4. The maximum absolute atomic E-state index is 15.2. The Balaban J connectivity index is 0.711. The largest absolute Gasteiger partial charge is 0.494 e. The lowest BCUT2D eigenvalue weighted by Gasteiger charge is -2.29. The SMILES string of the molecule is CCCNC(=O)Nc1cccc(S(=O)(=O)Nc2cccc([C@@H](CC(=O)O)NC(=O)Nc3ccc(NC(=O)NCCOCCOCCOCCC(=O)N[C@@H](CC(=O)O)C(=O)N4CCC[C@H]4C(=O)N[C@H](C(=O)N=S(C)(=O)Cc4cc5cc(c4)OCCCCOc4cc(F)ccc4-c4nc(ncc4F)N5)C(C)C)cc3)c2)c1. The molecule has 33 nitrogen and oxygen atoms in total. The number of urea groups is 3. The molecule has 1 aromatic heterocycles. The summed E-state index contributed by atoms with van der Waals surface area (Å²) in [6.07, 6.45) is 2.76. The maximum Gasteiger partial charge on any atom is 0.319 e. The van der Waals surface area contributed by atoms with E-state index in [1.807, 2.05) is 6.92 Å². The molecule has 1 saturated heterocycles. The number of hydrogen-bond acceptors (Lipinski definition) is 20. The van der Waals surface area contributed by atoms with E-state index in [1.54, 1.807) is 32.0 Å². The highest BCUT2D eigenvalue weighted by Gasteiger charge is 2.40. The van der Waals surface area contributed by atoms with Gasteiger partial charge in [-0.3, -0.25) is 33.5 Å². The van der Waals surface area contributed by atoms with E-state index in [1.165, 1.54) is 85.1 Å². The summed E-state index contributed by atoms with van der Waals surface area (Å²) >= 11 is 0. The van der Waals surface area contributed by atoms with Crippen LogP contribution in [0, 0.1) is 17.6 Å². The zero-order valence-electron chi connectivity index (χ0n) is 60.2. The van der Waals surface area contributed by atoms with Crippen LogP contribution in [0.1, 0.15) is 89.3 Å². The molecule has 6 aromatic rings. The lowest BCUT2D eigenvalue weighted by atomic mass is 10.0. The molecule has 12 N–H and O–H groups in total. The Morgan fingerprint density at radius 2 is 1.35 bits per heavy atom. The van der Waals surface area contributed by atoms with Gasteiger partial charge in [-0.2, -0.15) is 4.36 Å². The van der Waals surface area contributed by atoms with Crippen molar-refractivity contribution in [2.24, 2.45) is 10.3 Å². The monoisotopic (exact) mass is 1550 g/mol. The van der Waals surface area contributed by atoms with Crippen LogP contribution < -0.4 is 62.0 Å². The molecule has 2 aliphatic heterocycles. The van der Waals surface area contributed by atoms with E-state index >= 15 is 4.39 Å². The van der Waals surface area contributed by atoms with Crippen LogP contribution in [-0.4, -0.2) is 188 Å². The van der Waals surface area contributed by atoms with Crippen LogP contribution in [0.25, 0.3) is 11.3 Å². The molecule has 586 valence electrons. The first-order chi connectivity index (χ1) is 52.1. The molecule has 37 heteroatoms. The molecule has 2 aliphatic rings. The molecule has 1 unspecified atom stereocenters. The molecule has 0 aliphatic carbocycles. The molecule has 8 rings (SSSR count). The van der Waals surface area contributed by atoms with E-state index in [0.29, 0.717) is 54.9 Å². The lowest BCUT2D eigenvalue weighted by Crippen LogP contribution is -2.56. The van der Waals surface area contributed by atoms with Crippen molar-refractivity contribution >= 4 is 108 Å². The molecule has 1 fully saturated rings. The van der Waals surface area contributed by atoms with Gasteiger partial charge in [0, 0.05) is 78.4 Å². The number of carbonyl (C=O) groups is 9. The Bertz CT molecular complexity index is 4480. The summed E-state index contributed by atoms with van der Waals surface area (Å²) in [6, 6.07) is 19.0. The number of nitrogens with one attached hydrogen (secondary N) is 10. The molecule has 5 aromatic carbocycles. The first kappa shape index (κ1) is 83.5. The topological polar surface area (TPSA) is 453 Å². The van der Waals surface area contributed by atoms with Gasteiger partial charge in [-0.25, -0.2) is 45.8 Å². The van der Waals surface area contributed by atoms with Gasteiger partial charge in [-0.05, 0) is 128 Å². The normalized spacial score (nSPS) is 14.8. The molecule has 109 heavy (non-hydrogen) atoms. The average molecular weight is 1560 g/mol. The van der Waals surface area contributed by atoms with Crippen molar-refractivity contribution < 1.29 is 98.5 Å². The van der Waals surface area contributed by atoms with Crippen molar-refractivity contribution in [3.63, 3.8) is 0 Å². The molecule has 0 radical (unpaired) electrons. The number of hydrogen-bond donors (Lipinski definition) is 12. The Hall–Kier alpha value is -11.2. The molecule has 0 spiro atoms. The van der Waals surface area contributed by atoms with Gasteiger partial charge < -0.3 is 86.6 Å². The third-order valence-corrected chi connectivity index (χ3v) is 19.2. The first-order valence-corrected chi connectivity index (χ1v) is 38.5. The average Bonchev–Trinajstić information content (AvgIpc) is 0.969. The first-order valence-electron chi connectivity index (χ1n) is 34.9. The van der Waals surface area contributed by atoms with E-state index in [-0.39, 0.29) is 135 Å². The van der Waals surface area contributed by atoms with E-state index in [4.69, 9.17) is 23.7 Å². The maximum atomic E-state index is 15.2. The number of rotatable bonds is 34. The highest BCUT2D eigenvalue weighted by atomic mass is 32.2. The van der Waals surface area contributed by atoms with Crippen molar-refractivity contribution in [2.45, 2.75) is 107 Å². The summed E-state index contributed by atoms with van der Waals surface area (Å²) in [5.74, 6) is -7.69. The van der Waals surface area contributed by atoms with Crippen LogP contribution in [-0.2, 0) is 68.5 Å². The minimum absolute atomic E-state index is 0.0341. The quantitative estimate of drug-likeness (QED) is 0.0171. The van der Waals surface area contributed by atoms with Crippen molar-refractivity contribution in [1.82, 2.24) is 41.5 Å². The summed E-state index contributed by atoms with van der Waals surface area (Å²) in [4.78, 5) is 126. The summed E-state index contributed by atoms with van der Waals surface area (Å²) < 4.78 is 105. The number of ether oxygens (including phenoxy) is 5. The van der Waals surface area contributed by atoms with Crippen LogP contribution in [0.2, 0.25) is 0 Å². The smallest absolute Gasteiger partial charge is 0.319 e. The third-order valence-electron chi connectivity index (χ3n) is 16.3. The summed E-state index contributed by atoms with van der Waals surface area (Å²) in [5, 5.41) is 43.3. The Kier molecular flexibility index (Phi) is 31.2. The number of anilines is 6. The Labute approximate surface area is 627 Å². The number of aromatic nitrogens is 2. The second-order valence-electron chi connectivity index (χ2n) is 25.5. The van der Waals surface area contributed by atoms with Crippen molar-refractivity contribution in [3.05, 3.63) is 138 Å². The second-order valence-corrected chi connectivity index (χ2v) is 29.6. The van der Waals surface area contributed by atoms with E-state index in [9.17, 15) is 70.4 Å². The van der Waals surface area contributed by atoms with Gasteiger partial charge >= 0.3 is 30.0 Å². The zero-order valence-corrected chi connectivity index (χ0v) is 61.8. The molecule has 5 atom stereocenters. The van der Waals surface area contributed by atoms with Crippen molar-refractivity contribution in [3.8, 4) is 22.8 Å². The number of amides is 10. The number of carboxylic acid groups (broad SMARTS) is 2. The van der Waals surface area contributed by atoms with E-state index in [0.717, 1.165) is 23.2 Å². The molecule has 3 heterocycles. The molecular weight excluding hydrogens is 1470 g/mol. The van der Waals surface area contributed by atoms with Crippen molar-refractivity contribution in [2.75, 3.05) is 105 Å². The fraction of sp³-hybridized carbons (Fsp3) is 0.403. The van der Waals surface area contributed by atoms with Crippen LogP contribution in [0.15, 0.2) is 125 Å². The summed E-state index contributed by atoms with van der Waals surface area (Å²) in [5.41, 5.74) is 2.05. The Morgan fingerprint density at radius 3 is 2.05 bits per heavy atom. The van der Waals surface area contributed by atoms with Gasteiger partial charge in [0.05, 0.1) is 98.3 Å². The minimum Gasteiger partial charge on any atom is -0.494 e. The van der Waals surface area contributed by atoms with Gasteiger partial charge in [-0.1, -0.05) is 39.0 Å². The summed E-state index contributed by atoms with van der Waals surface area (Å²) in [6.45, 7) is 6.57. The predicted octanol–water partition coefficient (Wildman–Crippen LogP) is 7.86. The fourth-order valence-corrected chi connectivity index (χ4v) is 13.7. The minimum atomic E-state index is -4.19. The molecule has 4 bridgehead atoms. The van der Waals surface area contributed by atoms with Gasteiger partial charge in [0.15, 0.2) is 5.82 Å². The lowest BCUT2D eigenvalue weighted by molar-refractivity contribution is -0.146. The predicted molar refractivity (Wildman–Crippen MR) is 397 cm³/mol. The van der Waals surface area contributed by atoms with Gasteiger partial charge in [-0.15, -0.1) is 0 Å². The number of benzene rings is 5.